The van der Waals surface area contributed by atoms with Crippen LogP contribution in [0.25, 0.3) is 0 Å². The fraction of sp³-hybridized carbons (Fsp3) is 0.830. The van der Waals surface area contributed by atoms with Crippen LogP contribution in [0.5, 0.6) is 0 Å². The highest BCUT2D eigenvalue weighted by molar-refractivity contribution is 6.75. The van der Waals surface area contributed by atoms with E-state index in [4.69, 9.17) is 33.6 Å². The van der Waals surface area contributed by atoms with E-state index in [1.165, 1.54) is 17.7 Å². The Labute approximate surface area is 415 Å². The molecule has 4 N–H and O–H groups in total. The van der Waals surface area contributed by atoms with E-state index in [0.29, 0.717) is 0 Å². The van der Waals surface area contributed by atoms with Gasteiger partial charge in [0.15, 0.2) is 25.0 Å². The van der Waals surface area contributed by atoms with Crippen molar-refractivity contribution in [3.8, 4) is 0 Å². The molecule has 0 aliphatic carbocycles. The molecular weight excluding hydrogens is 893 g/mol. The number of allylic oxidation sites excluding steroid dienone is 3. The first-order valence-electron chi connectivity index (χ1n) is 25.1. The van der Waals surface area contributed by atoms with Crippen molar-refractivity contribution in [2.45, 2.75) is 222 Å². The molecule has 6 unspecified atom stereocenters. The van der Waals surface area contributed by atoms with Crippen LogP contribution in [0.15, 0.2) is 48.6 Å². The Kier molecular flexibility index (Phi) is 27.0. The molecule has 67 heavy (non-hydrogen) atoms. The maximum atomic E-state index is 13.4. The summed E-state index contributed by atoms with van der Waals surface area (Å²) in [4.78, 5) is 30.1. The lowest BCUT2D eigenvalue weighted by Crippen LogP contribution is -2.52. The van der Waals surface area contributed by atoms with Crippen LogP contribution < -0.4 is 5.73 Å². The molecule has 0 bridgehead atoms. The average molecular weight is 1000 g/mol. The summed E-state index contributed by atoms with van der Waals surface area (Å²) in [6.45, 7) is 54.3. The maximum absolute atomic E-state index is 13.4. The SMILES string of the molecule is C=C/C=C\C(C)[C@H](OOCN)[C@@H](C)[C@H](O[Si](C)(C)C(C)(C)C)[C@@H](C)C/C(C)=C\C(C)C(O[Si](C)(C)C(C)(C)C)[C@@H](C)/C=C\[C@@H](O)C[C@H](O)C(C)C(O[Si](C)(C)C(C)(C)C)C(C)C(=O)N(C)OC. The summed E-state index contributed by atoms with van der Waals surface area (Å²) in [5.74, 6) is -1.16. The molecule has 1 amide bonds. The number of hydroxylamine groups is 2. The van der Waals surface area contributed by atoms with Crippen molar-refractivity contribution in [1.82, 2.24) is 5.06 Å². The molecular formula is C53H106N2O9Si3. The van der Waals surface area contributed by atoms with Crippen LogP contribution in [0.2, 0.25) is 54.4 Å². The molecule has 0 aromatic rings. The summed E-state index contributed by atoms with van der Waals surface area (Å²) in [6.07, 6.45) is 9.85. The second kappa shape index (κ2) is 27.5. The molecule has 0 aromatic heterocycles. The number of carbonyl (C=O) groups is 1. The third-order valence-electron chi connectivity index (χ3n) is 15.6. The van der Waals surface area contributed by atoms with E-state index in [0.717, 1.165) is 6.42 Å². The maximum Gasteiger partial charge on any atom is 0.251 e. The molecule has 0 saturated heterocycles. The van der Waals surface area contributed by atoms with Crippen molar-refractivity contribution in [3.05, 3.63) is 48.6 Å². The minimum atomic E-state index is -2.36. The predicted molar refractivity (Wildman–Crippen MR) is 289 cm³/mol. The fourth-order valence-corrected chi connectivity index (χ4v) is 12.3. The zero-order chi connectivity index (χ0) is 52.8. The van der Waals surface area contributed by atoms with Crippen molar-refractivity contribution < 1.29 is 42.9 Å². The Morgan fingerprint density at radius 3 is 1.57 bits per heavy atom. The number of amides is 1. The summed E-state index contributed by atoms with van der Waals surface area (Å²) in [5, 5.41) is 24.3. The van der Waals surface area contributed by atoms with Crippen LogP contribution in [-0.4, -0.2) is 104 Å². The normalized spacial score (nSPS) is 20.1. The number of nitrogens with zero attached hydrogens (tertiary/aromatic N) is 1. The summed E-state index contributed by atoms with van der Waals surface area (Å²) in [6, 6.07) is 0. The zero-order valence-corrected chi connectivity index (χ0v) is 50.6. The first-order valence-corrected chi connectivity index (χ1v) is 33.8. The standard InChI is InChI=1S/C53H106N2O9Si3/c1-27-28-29-37(3)47(61-60-35-54)42(8)48(63-66(23,24)52(13,14)15)40(6)33-36(2)32-39(5)46(62-65(21,22)51(10,11)12)38(4)30-31-44(56)34-45(57)41(7)49(43(9)50(58)55(19)59-20)64-67(25,26)53(16,17)18/h27-32,37-49,56-57H,1,33-35,54H2,2-26H3/b29-28-,31-30-,36-32-/t37?,38-,39?,40-,41?,42+,43?,44+,45-,46?,47-,48+,49?/m0/s1. The number of rotatable bonds is 29. The average Bonchev–Trinajstić information content (AvgIpc) is 3.19. The highest BCUT2D eigenvalue weighted by atomic mass is 28.4. The molecule has 0 spiro atoms. The van der Waals surface area contributed by atoms with Gasteiger partial charge in [0.05, 0.1) is 43.5 Å². The van der Waals surface area contributed by atoms with Crippen LogP contribution in [0.4, 0.5) is 0 Å². The highest BCUT2D eigenvalue weighted by Gasteiger charge is 2.46. The van der Waals surface area contributed by atoms with E-state index in [2.05, 4.69) is 162 Å². The molecule has 0 heterocycles. The van der Waals surface area contributed by atoms with Gasteiger partial charge < -0.3 is 29.2 Å². The first kappa shape index (κ1) is 65.7. The minimum Gasteiger partial charge on any atom is -0.413 e. The van der Waals surface area contributed by atoms with Crippen LogP contribution in [0, 0.1) is 41.4 Å². The fourth-order valence-electron chi connectivity index (χ4n) is 7.90. The van der Waals surface area contributed by atoms with Gasteiger partial charge in [-0.2, -0.15) is 0 Å². The number of aliphatic hydroxyl groups excluding tert-OH is 2. The Morgan fingerprint density at radius 2 is 1.13 bits per heavy atom. The van der Waals surface area contributed by atoms with Gasteiger partial charge in [0.1, 0.15) is 12.8 Å². The molecule has 0 saturated carbocycles. The molecule has 11 nitrogen and oxygen atoms in total. The van der Waals surface area contributed by atoms with Gasteiger partial charge in [-0.1, -0.05) is 159 Å². The molecule has 0 aliphatic heterocycles. The van der Waals surface area contributed by atoms with E-state index in [1.807, 2.05) is 26.0 Å². The molecule has 14 heteroatoms. The lowest BCUT2D eigenvalue weighted by atomic mass is 9.81. The van der Waals surface area contributed by atoms with E-state index in [1.54, 1.807) is 19.2 Å². The number of nitrogens with two attached hydrogens (primary N) is 1. The van der Waals surface area contributed by atoms with E-state index in [-0.39, 0.29) is 82.1 Å². The topological polar surface area (TPSA) is 142 Å². The largest absolute Gasteiger partial charge is 0.413 e. The van der Waals surface area contributed by atoms with Crippen molar-refractivity contribution in [1.29, 1.82) is 0 Å². The van der Waals surface area contributed by atoms with Crippen LogP contribution in [-0.2, 0) is 32.7 Å². The second-order valence-corrected chi connectivity index (χ2v) is 38.8. The lowest BCUT2D eigenvalue weighted by Gasteiger charge is -2.44. The quantitative estimate of drug-likeness (QED) is 0.0166. The summed E-state index contributed by atoms with van der Waals surface area (Å²) in [5.41, 5.74) is 7.01. The number of aliphatic hydroxyl groups is 2. The first-order chi connectivity index (χ1) is 30.2. The molecule has 0 aliphatic rings. The number of hydrogen-bond donors (Lipinski definition) is 3. The monoisotopic (exact) mass is 999 g/mol. The third kappa shape index (κ3) is 20.4. The van der Waals surface area contributed by atoms with Gasteiger partial charge in [0.25, 0.3) is 5.91 Å². The van der Waals surface area contributed by atoms with Crippen LogP contribution >= 0.6 is 0 Å². The van der Waals surface area contributed by atoms with Gasteiger partial charge in [-0.25, -0.2) is 14.8 Å². The summed E-state index contributed by atoms with van der Waals surface area (Å²) < 4.78 is 21.5. The molecule has 0 aromatic carbocycles. The van der Waals surface area contributed by atoms with Gasteiger partial charge >= 0.3 is 0 Å². The third-order valence-corrected chi connectivity index (χ3v) is 29.0. The van der Waals surface area contributed by atoms with Crippen molar-refractivity contribution in [2.75, 3.05) is 20.9 Å². The Bertz CT molecular complexity index is 1560. The Hall–Kier alpha value is -1.28. The van der Waals surface area contributed by atoms with Gasteiger partial charge in [-0.05, 0) is 85.5 Å². The molecule has 0 rings (SSSR count). The van der Waals surface area contributed by atoms with E-state index in [9.17, 15) is 15.0 Å². The summed E-state index contributed by atoms with van der Waals surface area (Å²) >= 11 is 0. The van der Waals surface area contributed by atoms with Gasteiger partial charge in [0.2, 0.25) is 0 Å². The predicted octanol–water partition coefficient (Wildman–Crippen LogP) is 12.6. The second-order valence-electron chi connectivity index (χ2n) is 24.5. The summed E-state index contributed by atoms with van der Waals surface area (Å²) in [7, 11) is -3.79. The van der Waals surface area contributed by atoms with E-state index < -0.39 is 55.1 Å². The number of carbonyl (C=O) groups excluding carboxylic acids is 1. The Balaban J connectivity index is 6.92. The van der Waals surface area contributed by atoms with Gasteiger partial charge in [-0.15, -0.1) is 0 Å². The minimum absolute atomic E-state index is 0.00630. The molecule has 394 valence electrons. The van der Waals surface area contributed by atoms with Gasteiger partial charge in [-0.3, -0.25) is 9.63 Å². The van der Waals surface area contributed by atoms with Crippen molar-refractivity contribution >= 4 is 30.9 Å². The van der Waals surface area contributed by atoms with Crippen molar-refractivity contribution in [3.63, 3.8) is 0 Å². The lowest BCUT2D eigenvalue weighted by molar-refractivity contribution is -0.342. The molecule has 0 fully saturated rings. The highest BCUT2D eigenvalue weighted by Crippen LogP contribution is 2.43. The van der Waals surface area contributed by atoms with E-state index >= 15 is 0 Å². The van der Waals surface area contributed by atoms with Crippen LogP contribution in [0.3, 0.4) is 0 Å². The molecule has 0 radical (unpaired) electrons. The smallest absolute Gasteiger partial charge is 0.251 e. The zero-order valence-electron chi connectivity index (χ0n) is 47.6. The van der Waals surface area contributed by atoms with Crippen LogP contribution in [0.1, 0.15) is 131 Å². The number of hydrogen-bond acceptors (Lipinski definition) is 10. The van der Waals surface area contributed by atoms with Crippen molar-refractivity contribution in [2.24, 2.45) is 47.2 Å². The Morgan fingerprint density at radius 1 is 0.687 bits per heavy atom. The van der Waals surface area contributed by atoms with Gasteiger partial charge in [0, 0.05) is 31.2 Å². The molecule has 13 atom stereocenters.